The molecule has 8 atom stereocenters. The number of anilines is 1. The Balaban J connectivity index is 2.23. The number of amides is 4. The molecular formula is C41H66F3N5O9S. The van der Waals surface area contributed by atoms with E-state index in [0.717, 1.165) is 12.1 Å². The largest absolute Gasteiger partial charge is 0.471 e. The van der Waals surface area contributed by atoms with Gasteiger partial charge in [-0.3, -0.25) is 33.6 Å². The van der Waals surface area contributed by atoms with Crippen molar-refractivity contribution in [3.05, 3.63) is 29.8 Å². The van der Waals surface area contributed by atoms with Gasteiger partial charge in [-0.25, -0.2) is 8.42 Å². The summed E-state index contributed by atoms with van der Waals surface area (Å²) in [7, 11) is 3.98. The summed E-state index contributed by atoms with van der Waals surface area (Å²) in [6, 6.07) is 3.20. The third-order valence-corrected chi connectivity index (χ3v) is 12.6. The molecule has 0 aromatic heterocycles. The van der Waals surface area contributed by atoms with Crippen molar-refractivity contribution in [1.29, 1.82) is 0 Å². The van der Waals surface area contributed by atoms with Gasteiger partial charge in [-0.1, -0.05) is 67.0 Å². The number of nitrogens with zero attached hydrogens (tertiary/aromatic N) is 3. The van der Waals surface area contributed by atoms with E-state index in [9.17, 15) is 45.6 Å². The van der Waals surface area contributed by atoms with Crippen molar-refractivity contribution < 1.29 is 55.0 Å². The van der Waals surface area contributed by atoms with E-state index < -0.39 is 69.9 Å². The van der Waals surface area contributed by atoms with Crippen LogP contribution in [-0.2, 0) is 49.2 Å². The highest BCUT2D eigenvalue weighted by Gasteiger charge is 2.44. The van der Waals surface area contributed by atoms with Crippen LogP contribution in [0.15, 0.2) is 24.3 Å². The number of rotatable bonds is 22. The third kappa shape index (κ3) is 14.2. The number of Topliss-reactive ketones (excluding diaryl/α,β-unsaturated/α-hetero) is 1. The van der Waals surface area contributed by atoms with Gasteiger partial charge in [0.25, 0.3) is 0 Å². The van der Waals surface area contributed by atoms with Crippen LogP contribution in [0.2, 0.25) is 0 Å². The summed E-state index contributed by atoms with van der Waals surface area (Å²) in [5.74, 6) is -6.02. The van der Waals surface area contributed by atoms with Gasteiger partial charge < -0.3 is 24.6 Å². The fourth-order valence-corrected chi connectivity index (χ4v) is 9.35. The lowest BCUT2D eigenvalue weighted by Gasteiger charge is -2.41. The zero-order valence-electron chi connectivity index (χ0n) is 36.6. The third-order valence-electron chi connectivity index (χ3n) is 11.4. The lowest BCUT2D eigenvalue weighted by atomic mass is 9.83. The first-order valence-electron chi connectivity index (χ1n) is 20.1. The minimum Gasteiger partial charge on any atom is -0.379 e. The number of hydrogen-bond donors (Lipinski definition) is 2. The summed E-state index contributed by atoms with van der Waals surface area (Å²) in [6.45, 7) is 13.6. The predicted molar refractivity (Wildman–Crippen MR) is 218 cm³/mol. The quantitative estimate of drug-likeness (QED) is 0.164. The SMILES string of the molecule is CCC(C)[C@@H]([C@@H](CC(=O)N1CCC[C@H]1[C@H](OC)[C@@H](C)C(=O)NS(=O)(=O)Cc1ccc(NC(=O)C(F)(F)F)cc1)OC)N(C)C(=O)[C@@H](CC(=O)[C@H](C(C)C)N(C)C)C(C)C. The van der Waals surface area contributed by atoms with Crippen LogP contribution in [0.4, 0.5) is 18.9 Å². The fourth-order valence-electron chi connectivity index (χ4n) is 8.16. The number of likely N-dealkylation sites (tertiary alicyclic amines) is 1. The van der Waals surface area contributed by atoms with Gasteiger partial charge in [0.1, 0.15) is 0 Å². The van der Waals surface area contributed by atoms with Gasteiger partial charge in [-0.2, -0.15) is 13.2 Å². The zero-order chi connectivity index (χ0) is 45.2. The van der Waals surface area contributed by atoms with Gasteiger partial charge in [0, 0.05) is 45.8 Å². The predicted octanol–water partition coefficient (Wildman–Crippen LogP) is 4.87. The minimum atomic E-state index is -5.10. The number of likely N-dealkylation sites (N-methyl/N-ethyl adjacent to an activating group) is 2. The Morgan fingerprint density at radius 2 is 1.51 bits per heavy atom. The van der Waals surface area contributed by atoms with Crippen LogP contribution in [0.3, 0.4) is 0 Å². The maximum absolute atomic E-state index is 14.3. The molecule has 1 heterocycles. The van der Waals surface area contributed by atoms with Crippen LogP contribution >= 0.6 is 0 Å². The summed E-state index contributed by atoms with van der Waals surface area (Å²) in [6.07, 6.45) is -4.98. The summed E-state index contributed by atoms with van der Waals surface area (Å²) < 4.78 is 77.5. The summed E-state index contributed by atoms with van der Waals surface area (Å²) >= 11 is 0. The molecule has 1 aliphatic rings. The van der Waals surface area contributed by atoms with Crippen molar-refractivity contribution in [2.24, 2.45) is 29.6 Å². The topological polar surface area (TPSA) is 172 Å². The Morgan fingerprint density at radius 3 is 1.98 bits per heavy atom. The van der Waals surface area contributed by atoms with Crippen molar-refractivity contribution in [3.63, 3.8) is 0 Å². The monoisotopic (exact) mass is 861 g/mol. The number of nitrogens with one attached hydrogen (secondary N) is 2. The molecule has 0 bridgehead atoms. The van der Waals surface area contributed by atoms with Gasteiger partial charge in [-0.05, 0) is 62.4 Å². The number of ketones is 1. The summed E-state index contributed by atoms with van der Waals surface area (Å²) in [4.78, 5) is 71.7. The Hall–Kier alpha value is -3.61. The summed E-state index contributed by atoms with van der Waals surface area (Å²) in [5, 5.41) is 1.67. The molecule has 1 fully saturated rings. The number of alkyl halides is 3. The molecule has 2 N–H and O–H groups in total. The van der Waals surface area contributed by atoms with Gasteiger partial charge in [0.15, 0.2) is 5.78 Å². The normalized spacial score (nSPS) is 18.5. The molecule has 59 heavy (non-hydrogen) atoms. The number of benzene rings is 1. The highest BCUT2D eigenvalue weighted by atomic mass is 32.2. The van der Waals surface area contributed by atoms with Crippen molar-refractivity contribution in [2.45, 2.75) is 123 Å². The number of sulfonamides is 1. The van der Waals surface area contributed by atoms with E-state index in [0.29, 0.717) is 25.8 Å². The highest BCUT2D eigenvalue weighted by Crippen LogP contribution is 2.31. The molecule has 2 rings (SSSR count). The molecule has 336 valence electrons. The molecule has 14 nitrogen and oxygen atoms in total. The number of ether oxygens (including phenoxy) is 2. The number of methoxy groups -OCH3 is 2. The van der Waals surface area contributed by atoms with E-state index >= 15 is 0 Å². The Bertz CT molecular complexity index is 1680. The second-order valence-electron chi connectivity index (χ2n) is 16.6. The number of hydrogen-bond acceptors (Lipinski definition) is 10. The molecular weight excluding hydrogens is 796 g/mol. The first-order chi connectivity index (χ1) is 27.3. The first-order valence-corrected chi connectivity index (χ1v) is 21.8. The van der Waals surface area contributed by atoms with Crippen LogP contribution in [-0.4, -0.2) is 131 Å². The Labute approximate surface area is 348 Å². The van der Waals surface area contributed by atoms with E-state index in [1.54, 1.807) is 22.2 Å². The molecule has 1 aromatic rings. The van der Waals surface area contributed by atoms with Gasteiger partial charge >= 0.3 is 12.1 Å². The molecule has 4 amide bonds. The second kappa shape index (κ2) is 22.3. The van der Waals surface area contributed by atoms with Gasteiger partial charge in [0.05, 0.1) is 48.4 Å². The lowest BCUT2D eigenvalue weighted by molar-refractivity contribution is -0.167. The highest BCUT2D eigenvalue weighted by molar-refractivity contribution is 7.89. The molecule has 0 aliphatic carbocycles. The fraction of sp³-hybridized carbons (Fsp3) is 0.732. The van der Waals surface area contributed by atoms with Crippen LogP contribution in [0.5, 0.6) is 0 Å². The molecule has 0 radical (unpaired) electrons. The van der Waals surface area contributed by atoms with Crippen molar-refractivity contribution in [1.82, 2.24) is 19.4 Å². The summed E-state index contributed by atoms with van der Waals surface area (Å²) in [5.41, 5.74) is -0.0484. The molecule has 1 saturated heterocycles. The van der Waals surface area contributed by atoms with E-state index in [4.69, 9.17) is 9.47 Å². The van der Waals surface area contributed by atoms with E-state index in [1.807, 2.05) is 65.3 Å². The van der Waals surface area contributed by atoms with Crippen LogP contribution in [0.25, 0.3) is 0 Å². The molecule has 1 unspecified atom stereocenters. The number of carbonyl (C=O) groups is 5. The van der Waals surface area contributed by atoms with Gasteiger partial charge in [0.2, 0.25) is 27.7 Å². The van der Waals surface area contributed by atoms with Crippen molar-refractivity contribution >= 4 is 45.1 Å². The smallest absolute Gasteiger partial charge is 0.379 e. The molecule has 18 heteroatoms. The molecule has 1 aliphatic heterocycles. The number of carbonyl (C=O) groups excluding carboxylic acids is 5. The number of halogens is 3. The average molecular weight is 862 g/mol. The average Bonchev–Trinajstić information content (AvgIpc) is 3.62. The minimum absolute atomic E-state index is 0.00890. The lowest BCUT2D eigenvalue weighted by Crippen LogP contribution is -2.54. The maximum Gasteiger partial charge on any atom is 0.471 e. The van der Waals surface area contributed by atoms with Crippen LogP contribution < -0.4 is 10.0 Å². The standard InChI is InChI=1S/C41H66F3N5O9S/c1-13-26(6)36(48(10)39(53)30(24(2)3)21-32(50)35(25(4)5)47(8)9)33(57-11)22-34(51)49-20-14-15-31(49)37(58-12)27(7)38(52)46-59(55,56)23-28-16-18-29(19-17-28)45-40(54)41(42,43)44/h16-19,24-27,30-31,33,35-37H,13-15,20-23H2,1-12H3,(H,45,54)(H,46,52)/t26?,27-,30+,31+,33-,35+,36+,37-/m1/s1. The van der Waals surface area contributed by atoms with Crippen molar-refractivity contribution in [3.8, 4) is 0 Å². The molecule has 0 spiro atoms. The van der Waals surface area contributed by atoms with Crippen LogP contribution in [0, 0.1) is 29.6 Å². The Morgan fingerprint density at radius 1 is 0.915 bits per heavy atom. The van der Waals surface area contributed by atoms with Gasteiger partial charge in [-0.15, -0.1) is 0 Å². The zero-order valence-corrected chi connectivity index (χ0v) is 37.4. The second-order valence-corrected chi connectivity index (χ2v) is 18.4. The van der Waals surface area contributed by atoms with E-state index in [-0.39, 0.29) is 65.5 Å². The van der Waals surface area contributed by atoms with E-state index in [1.165, 1.54) is 33.3 Å². The van der Waals surface area contributed by atoms with Crippen LogP contribution in [0.1, 0.15) is 86.1 Å². The molecule has 1 aromatic carbocycles. The first kappa shape index (κ1) is 51.5. The van der Waals surface area contributed by atoms with Crippen molar-refractivity contribution in [2.75, 3.05) is 47.2 Å². The Kier molecular flexibility index (Phi) is 19.5. The van der Waals surface area contributed by atoms with E-state index in [2.05, 4.69) is 0 Å². The molecule has 0 saturated carbocycles. The maximum atomic E-state index is 14.3.